The van der Waals surface area contributed by atoms with Gasteiger partial charge in [-0.3, -0.25) is 4.90 Å². The molecule has 0 amide bonds. The molecular formula is C25H29ClN6OS. The van der Waals surface area contributed by atoms with Gasteiger partial charge in [-0.05, 0) is 17.7 Å². The molecule has 0 aliphatic carbocycles. The van der Waals surface area contributed by atoms with Crippen molar-refractivity contribution in [1.29, 1.82) is 5.41 Å². The quantitative estimate of drug-likeness (QED) is 0.148. The monoisotopic (exact) mass is 496 g/mol. The number of thioether (sulfide) groups is 1. The standard InChI is InChI=1S/C25H29ClN6OS/c26-22(19-7-3-1-4-8-19)18-28-23-21(17-27)24(29-20-9-5-2-6-10-20)31-25(30-23)34-16-13-32-11-14-33-15-12-32/h1-10,17,22,27H,11-16,18H2,(H2,28,29,30,31). The molecule has 1 fully saturated rings. The summed E-state index contributed by atoms with van der Waals surface area (Å²) in [6.07, 6.45) is 1.28. The average molecular weight is 497 g/mol. The number of nitrogens with zero attached hydrogens (tertiary/aromatic N) is 3. The van der Waals surface area contributed by atoms with Gasteiger partial charge >= 0.3 is 0 Å². The minimum atomic E-state index is -0.224. The van der Waals surface area contributed by atoms with E-state index < -0.39 is 0 Å². The van der Waals surface area contributed by atoms with Crippen LogP contribution in [0.25, 0.3) is 0 Å². The van der Waals surface area contributed by atoms with Gasteiger partial charge in [0.15, 0.2) is 5.16 Å². The minimum absolute atomic E-state index is 0.224. The smallest absolute Gasteiger partial charge is 0.191 e. The minimum Gasteiger partial charge on any atom is -0.379 e. The fourth-order valence-electron chi connectivity index (χ4n) is 3.60. The fourth-order valence-corrected chi connectivity index (χ4v) is 4.66. The molecule has 0 spiro atoms. The molecule has 1 unspecified atom stereocenters. The molecule has 0 radical (unpaired) electrons. The van der Waals surface area contributed by atoms with Crippen molar-refractivity contribution in [2.24, 2.45) is 0 Å². The van der Waals surface area contributed by atoms with E-state index >= 15 is 0 Å². The zero-order chi connectivity index (χ0) is 23.6. The molecule has 34 heavy (non-hydrogen) atoms. The van der Waals surface area contributed by atoms with Crippen LogP contribution in [0.5, 0.6) is 0 Å². The van der Waals surface area contributed by atoms with Crippen LogP contribution in [-0.2, 0) is 4.74 Å². The molecule has 3 aromatic rings. The molecule has 0 bridgehead atoms. The highest BCUT2D eigenvalue weighted by Gasteiger charge is 2.17. The van der Waals surface area contributed by atoms with Crippen LogP contribution in [0.3, 0.4) is 0 Å². The number of alkyl halides is 1. The van der Waals surface area contributed by atoms with E-state index in [1.807, 2.05) is 60.7 Å². The number of halogens is 1. The predicted molar refractivity (Wildman–Crippen MR) is 141 cm³/mol. The van der Waals surface area contributed by atoms with Gasteiger partial charge in [-0.25, -0.2) is 9.97 Å². The van der Waals surface area contributed by atoms with Crippen LogP contribution < -0.4 is 10.6 Å². The second-order valence-electron chi connectivity index (χ2n) is 7.81. The summed E-state index contributed by atoms with van der Waals surface area (Å²) in [6, 6.07) is 19.8. The molecule has 1 saturated heterocycles. The number of ether oxygens (including phenoxy) is 1. The summed E-state index contributed by atoms with van der Waals surface area (Å²) in [5.74, 6) is 2.06. The van der Waals surface area contributed by atoms with E-state index in [0.717, 1.165) is 49.9 Å². The first-order chi connectivity index (χ1) is 16.7. The molecule has 2 aromatic carbocycles. The van der Waals surface area contributed by atoms with Gasteiger partial charge in [0.25, 0.3) is 0 Å². The van der Waals surface area contributed by atoms with Crippen LogP contribution in [0.4, 0.5) is 17.3 Å². The molecule has 2 heterocycles. The SMILES string of the molecule is N=Cc1c(NCC(Cl)c2ccccc2)nc(SCCN2CCOCC2)nc1Nc1ccccc1. The Morgan fingerprint density at radius 2 is 1.71 bits per heavy atom. The number of hydrogen-bond acceptors (Lipinski definition) is 8. The maximum absolute atomic E-state index is 8.04. The number of aromatic nitrogens is 2. The number of morpholine rings is 1. The van der Waals surface area contributed by atoms with E-state index in [-0.39, 0.29) is 5.38 Å². The Hall–Kier alpha value is -2.65. The zero-order valence-electron chi connectivity index (χ0n) is 18.9. The maximum atomic E-state index is 8.04. The molecule has 9 heteroatoms. The van der Waals surface area contributed by atoms with Crippen LogP contribution in [-0.4, -0.2) is 66.2 Å². The number of para-hydroxylation sites is 1. The van der Waals surface area contributed by atoms with Gasteiger partial charge in [-0.2, -0.15) is 0 Å². The van der Waals surface area contributed by atoms with E-state index in [0.29, 0.717) is 28.9 Å². The van der Waals surface area contributed by atoms with Crippen molar-refractivity contribution < 1.29 is 4.74 Å². The molecule has 1 aromatic heterocycles. The molecule has 178 valence electrons. The first kappa shape index (κ1) is 24.5. The molecule has 1 atom stereocenters. The van der Waals surface area contributed by atoms with Crippen molar-refractivity contribution in [2.75, 3.05) is 55.8 Å². The van der Waals surface area contributed by atoms with E-state index in [2.05, 4.69) is 15.5 Å². The predicted octanol–water partition coefficient (Wildman–Crippen LogP) is 5.03. The van der Waals surface area contributed by atoms with E-state index in [4.69, 9.17) is 31.7 Å². The van der Waals surface area contributed by atoms with Crippen molar-refractivity contribution in [3.05, 3.63) is 71.8 Å². The number of anilines is 3. The van der Waals surface area contributed by atoms with E-state index in [9.17, 15) is 0 Å². The van der Waals surface area contributed by atoms with Crippen molar-refractivity contribution in [1.82, 2.24) is 14.9 Å². The van der Waals surface area contributed by atoms with Crippen molar-refractivity contribution >= 4 is 46.9 Å². The Labute approximate surface area is 209 Å². The van der Waals surface area contributed by atoms with Gasteiger partial charge in [0, 0.05) is 43.8 Å². The van der Waals surface area contributed by atoms with Crippen molar-refractivity contribution in [3.8, 4) is 0 Å². The summed E-state index contributed by atoms with van der Waals surface area (Å²) in [5, 5.41) is 15.2. The third-order valence-electron chi connectivity index (χ3n) is 5.46. The van der Waals surface area contributed by atoms with Gasteiger partial charge in [-0.1, -0.05) is 60.3 Å². The average Bonchev–Trinajstić information content (AvgIpc) is 2.89. The zero-order valence-corrected chi connectivity index (χ0v) is 20.5. The highest BCUT2D eigenvalue weighted by Crippen LogP contribution is 2.28. The molecule has 7 nitrogen and oxygen atoms in total. The van der Waals surface area contributed by atoms with Crippen LogP contribution in [0, 0.1) is 5.41 Å². The Balaban J connectivity index is 1.52. The highest BCUT2D eigenvalue weighted by atomic mass is 35.5. The first-order valence-corrected chi connectivity index (χ1v) is 12.8. The summed E-state index contributed by atoms with van der Waals surface area (Å²) >= 11 is 8.24. The lowest BCUT2D eigenvalue weighted by atomic mass is 10.1. The summed E-state index contributed by atoms with van der Waals surface area (Å²) in [6.45, 7) is 4.92. The fraction of sp³-hybridized carbons (Fsp3) is 0.320. The van der Waals surface area contributed by atoms with E-state index in [1.54, 1.807) is 11.8 Å². The van der Waals surface area contributed by atoms with Crippen LogP contribution in [0.1, 0.15) is 16.5 Å². The summed E-state index contributed by atoms with van der Waals surface area (Å²) in [5.41, 5.74) is 2.53. The molecule has 0 saturated carbocycles. The van der Waals surface area contributed by atoms with Crippen molar-refractivity contribution in [3.63, 3.8) is 0 Å². The van der Waals surface area contributed by atoms with E-state index in [1.165, 1.54) is 6.21 Å². The molecular weight excluding hydrogens is 468 g/mol. The third kappa shape index (κ3) is 6.93. The van der Waals surface area contributed by atoms with Crippen LogP contribution in [0.2, 0.25) is 0 Å². The third-order valence-corrected chi connectivity index (χ3v) is 6.69. The van der Waals surface area contributed by atoms with Gasteiger partial charge in [-0.15, -0.1) is 11.6 Å². The van der Waals surface area contributed by atoms with Gasteiger partial charge in [0.2, 0.25) is 0 Å². The van der Waals surface area contributed by atoms with Crippen molar-refractivity contribution in [2.45, 2.75) is 10.5 Å². The maximum Gasteiger partial charge on any atom is 0.191 e. The topological polar surface area (TPSA) is 86.2 Å². The number of nitrogens with one attached hydrogen (secondary N) is 3. The normalized spacial score (nSPS) is 15.0. The Morgan fingerprint density at radius 3 is 2.41 bits per heavy atom. The van der Waals surface area contributed by atoms with Gasteiger partial charge in [0.1, 0.15) is 11.6 Å². The summed E-state index contributed by atoms with van der Waals surface area (Å²) in [4.78, 5) is 11.9. The number of hydrogen-bond donors (Lipinski definition) is 3. The Morgan fingerprint density at radius 1 is 1.03 bits per heavy atom. The summed E-state index contributed by atoms with van der Waals surface area (Å²) < 4.78 is 5.43. The number of benzene rings is 2. The van der Waals surface area contributed by atoms with Gasteiger partial charge < -0.3 is 20.8 Å². The lowest BCUT2D eigenvalue weighted by Crippen LogP contribution is -2.37. The molecule has 1 aliphatic heterocycles. The van der Waals surface area contributed by atoms with Gasteiger partial charge in [0.05, 0.1) is 24.2 Å². The molecule has 3 N–H and O–H groups in total. The second kappa shape index (κ2) is 12.7. The van der Waals surface area contributed by atoms with Crippen LogP contribution in [0.15, 0.2) is 65.8 Å². The molecule has 4 rings (SSSR count). The Bertz CT molecular complexity index is 1050. The first-order valence-electron chi connectivity index (χ1n) is 11.3. The molecule has 1 aliphatic rings. The Kier molecular flexibility index (Phi) is 9.15. The highest BCUT2D eigenvalue weighted by molar-refractivity contribution is 7.99. The summed E-state index contributed by atoms with van der Waals surface area (Å²) in [7, 11) is 0. The number of rotatable bonds is 11. The largest absolute Gasteiger partial charge is 0.379 e. The lowest BCUT2D eigenvalue weighted by Gasteiger charge is -2.26. The second-order valence-corrected chi connectivity index (χ2v) is 9.40. The van der Waals surface area contributed by atoms with Crippen LogP contribution >= 0.6 is 23.4 Å². The lowest BCUT2D eigenvalue weighted by molar-refractivity contribution is 0.0410.